The van der Waals surface area contributed by atoms with Gasteiger partial charge in [0.2, 0.25) is 0 Å². The Labute approximate surface area is 111 Å². The van der Waals surface area contributed by atoms with Crippen molar-refractivity contribution in [1.29, 1.82) is 0 Å². The van der Waals surface area contributed by atoms with E-state index >= 15 is 0 Å². The van der Waals surface area contributed by atoms with Crippen LogP contribution in [0.1, 0.15) is 11.5 Å². The molecule has 0 aliphatic rings. The molecule has 2 aromatic rings. The lowest BCUT2D eigenvalue weighted by Crippen LogP contribution is -2.28. The Balaban J connectivity index is 1.77. The minimum absolute atomic E-state index is 0.0755. The quantitative estimate of drug-likeness (QED) is 0.804. The van der Waals surface area contributed by atoms with Crippen LogP contribution in [0, 0.1) is 6.92 Å². The van der Waals surface area contributed by atoms with Gasteiger partial charge < -0.3 is 20.2 Å². The molecule has 0 atom stereocenters. The fraction of sp³-hybridized carbons (Fsp3) is 0.214. The van der Waals surface area contributed by atoms with Gasteiger partial charge in [-0.3, -0.25) is 4.79 Å². The third-order valence-electron chi connectivity index (χ3n) is 2.53. The Morgan fingerprint density at radius 2 is 2.11 bits per heavy atom. The molecule has 0 radical (unpaired) electrons. The van der Waals surface area contributed by atoms with Gasteiger partial charge in [0.25, 0.3) is 5.91 Å². The van der Waals surface area contributed by atoms with Crippen LogP contribution in [0.15, 0.2) is 40.8 Å². The summed E-state index contributed by atoms with van der Waals surface area (Å²) in [5.41, 5.74) is 6.21. The normalized spacial score (nSPS) is 10.2. The first kappa shape index (κ1) is 13.0. The summed E-state index contributed by atoms with van der Waals surface area (Å²) in [7, 11) is 0. The van der Waals surface area contributed by atoms with E-state index in [9.17, 15) is 4.79 Å². The van der Waals surface area contributed by atoms with Crippen molar-refractivity contribution in [3.05, 3.63) is 47.9 Å². The van der Waals surface area contributed by atoms with Crippen molar-refractivity contribution >= 4 is 11.6 Å². The summed E-state index contributed by atoms with van der Waals surface area (Å²) in [5.74, 6) is 1.81. The monoisotopic (exact) mass is 260 g/mol. The Morgan fingerprint density at radius 3 is 2.79 bits per heavy atom. The van der Waals surface area contributed by atoms with E-state index in [1.807, 2.05) is 25.1 Å². The zero-order valence-electron chi connectivity index (χ0n) is 10.7. The van der Waals surface area contributed by atoms with Gasteiger partial charge in [-0.2, -0.15) is 0 Å². The van der Waals surface area contributed by atoms with Gasteiger partial charge in [0.15, 0.2) is 6.61 Å². The zero-order chi connectivity index (χ0) is 13.7. The van der Waals surface area contributed by atoms with Crippen LogP contribution in [-0.4, -0.2) is 12.5 Å². The fourth-order valence-electron chi connectivity index (χ4n) is 1.57. The number of hydrogen-bond acceptors (Lipinski definition) is 4. The highest BCUT2D eigenvalue weighted by Crippen LogP contribution is 2.19. The molecule has 1 aromatic carbocycles. The van der Waals surface area contributed by atoms with Crippen LogP contribution < -0.4 is 15.8 Å². The molecule has 0 spiro atoms. The van der Waals surface area contributed by atoms with E-state index in [0.29, 0.717) is 23.7 Å². The number of carbonyl (C=O) groups excluding carboxylic acids is 1. The number of nitrogens with two attached hydrogens (primary N) is 1. The van der Waals surface area contributed by atoms with E-state index in [0.717, 1.165) is 5.76 Å². The van der Waals surface area contributed by atoms with Gasteiger partial charge in [-0.15, -0.1) is 0 Å². The van der Waals surface area contributed by atoms with Crippen molar-refractivity contribution < 1.29 is 13.9 Å². The molecule has 0 aliphatic heterocycles. The smallest absolute Gasteiger partial charge is 0.258 e. The van der Waals surface area contributed by atoms with E-state index in [2.05, 4.69) is 5.32 Å². The highest BCUT2D eigenvalue weighted by molar-refractivity contribution is 5.77. The average molecular weight is 260 g/mol. The van der Waals surface area contributed by atoms with Gasteiger partial charge in [0, 0.05) is 0 Å². The van der Waals surface area contributed by atoms with E-state index in [4.69, 9.17) is 14.9 Å². The van der Waals surface area contributed by atoms with Gasteiger partial charge in [0.05, 0.1) is 12.2 Å². The first-order chi connectivity index (χ1) is 9.15. The van der Waals surface area contributed by atoms with E-state index in [1.54, 1.807) is 18.2 Å². The SMILES string of the molecule is Cc1ccc(CNC(=O)COc2ccccc2N)o1. The van der Waals surface area contributed by atoms with Crippen LogP contribution in [0.4, 0.5) is 5.69 Å². The predicted octanol–water partition coefficient (Wildman–Crippen LogP) is 1.87. The summed E-state index contributed by atoms with van der Waals surface area (Å²) in [6.45, 7) is 2.13. The molecule has 0 saturated heterocycles. The maximum atomic E-state index is 11.6. The summed E-state index contributed by atoms with van der Waals surface area (Å²) in [5, 5.41) is 2.70. The lowest BCUT2D eigenvalue weighted by molar-refractivity contribution is -0.123. The largest absolute Gasteiger partial charge is 0.482 e. The molecule has 0 aliphatic carbocycles. The zero-order valence-corrected chi connectivity index (χ0v) is 10.7. The molecular formula is C14H16N2O3. The molecule has 0 bridgehead atoms. The lowest BCUT2D eigenvalue weighted by Gasteiger charge is -2.08. The van der Waals surface area contributed by atoms with Crippen LogP contribution in [0.25, 0.3) is 0 Å². The van der Waals surface area contributed by atoms with Crippen LogP contribution in [-0.2, 0) is 11.3 Å². The van der Waals surface area contributed by atoms with Crippen LogP contribution in [0.3, 0.4) is 0 Å². The number of nitrogen functional groups attached to an aromatic ring is 1. The molecule has 3 N–H and O–H groups in total. The number of hydrogen-bond donors (Lipinski definition) is 2. The number of aryl methyl sites for hydroxylation is 1. The molecule has 2 rings (SSSR count). The van der Waals surface area contributed by atoms with Crippen molar-refractivity contribution in [2.45, 2.75) is 13.5 Å². The molecular weight excluding hydrogens is 244 g/mol. The van der Waals surface area contributed by atoms with E-state index in [1.165, 1.54) is 0 Å². The van der Waals surface area contributed by atoms with Crippen LogP contribution in [0.5, 0.6) is 5.75 Å². The minimum Gasteiger partial charge on any atom is -0.482 e. The average Bonchev–Trinajstić information content (AvgIpc) is 2.81. The van der Waals surface area contributed by atoms with Gasteiger partial charge >= 0.3 is 0 Å². The number of para-hydroxylation sites is 2. The first-order valence-electron chi connectivity index (χ1n) is 5.94. The summed E-state index contributed by atoms with van der Waals surface area (Å²) >= 11 is 0. The molecule has 100 valence electrons. The molecule has 5 heteroatoms. The number of nitrogens with one attached hydrogen (secondary N) is 1. The molecule has 0 unspecified atom stereocenters. The maximum absolute atomic E-state index is 11.6. The number of amides is 1. The molecule has 1 amide bonds. The van der Waals surface area contributed by atoms with Crippen molar-refractivity contribution in [3.8, 4) is 5.75 Å². The molecule has 1 heterocycles. The van der Waals surface area contributed by atoms with Gasteiger partial charge in [-0.05, 0) is 31.2 Å². The van der Waals surface area contributed by atoms with Crippen molar-refractivity contribution in [2.75, 3.05) is 12.3 Å². The summed E-state index contributed by atoms with van der Waals surface area (Å²) in [6.07, 6.45) is 0. The number of benzene rings is 1. The van der Waals surface area contributed by atoms with Crippen molar-refractivity contribution in [1.82, 2.24) is 5.32 Å². The molecule has 0 saturated carbocycles. The van der Waals surface area contributed by atoms with E-state index < -0.39 is 0 Å². The minimum atomic E-state index is -0.225. The molecule has 5 nitrogen and oxygen atoms in total. The topological polar surface area (TPSA) is 77.5 Å². The number of carbonyl (C=O) groups is 1. The Morgan fingerprint density at radius 1 is 1.32 bits per heavy atom. The Hall–Kier alpha value is -2.43. The second kappa shape index (κ2) is 5.95. The summed E-state index contributed by atoms with van der Waals surface area (Å²) < 4.78 is 10.7. The van der Waals surface area contributed by atoms with Crippen molar-refractivity contribution in [3.63, 3.8) is 0 Å². The Bertz CT molecular complexity index is 563. The highest BCUT2D eigenvalue weighted by Gasteiger charge is 2.06. The van der Waals surface area contributed by atoms with Crippen molar-refractivity contribution in [2.24, 2.45) is 0 Å². The number of furan rings is 1. The highest BCUT2D eigenvalue weighted by atomic mass is 16.5. The second-order valence-electron chi connectivity index (χ2n) is 4.12. The molecule has 0 fully saturated rings. The standard InChI is InChI=1S/C14H16N2O3/c1-10-6-7-11(19-10)8-16-14(17)9-18-13-5-3-2-4-12(13)15/h2-7H,8-9,15H2,1H3,(H,16,17). The number of rotatable bonds is 5. The Kier molecular flexibility index (Phi) is 4.07. The lowest BCUT2D eigenvalue weighted by atomic mass is 10.3. The van der Waals surface area contributed by atoms with E-state index in [-0.39, 0.29) is 12.5 Å². The summed E-state index contributed by atoms with van der Waals surface area (Å²) in [4.78, 5) is 11.6. The van der Waals surface area contributed by atoms with Crippen LogP contribution >= 0.6 is 0 Å². The fourth-order valence-corrected chi connectivity index (χ4v) is 1.57. The maximum Gasteiger partial charge on any atom is 0.258 e. The number of ether oxygens (including phenoxy) is 1. The third-order valence-corrected chi connectivity index (χ3v) is 2.53. The van der Waals surface area contributed by atoms with Crippen LogP contribution in [0.2, 0.25) is 0 Å². The van der Waals surface area contributed by atoms with Gasteiger partial charge in [-0.25, -0.2) is 0 Å². The predicted molar refractivity (Wildman–Crippen MR) is 71.6 cm³/mol. The first-order valence-corrected chi connectivity index (χ1v) is 5.94. The molecule has 1 aromatic heterocycles. The third kappa shape index (κ3) is 3.77. The van der Waals surface area contributed by atoms with Gasteiger partial charge in [-0.1, -0.05) is 12.1 Å². The summed E-state index contributed by atoms with van der Waals surface area (Å²) in [6, 6.07) is 10.7. The molecule has 19 heavy (non-hydrogen) atoms. The second-order valence-corrected chi connectivity index (χ2v) is 4.12. The van der Waals surface area contributed by atoms with Gasteiger partial charge in [0.1, 0.15) is 17.3 Å². The number of anilines is 1.